The van der Waals surface area contributed by atoms with E-state index in [-0.39, 0.29) is 17.1 Å². The number of rotatable bonds is 3. The Morgan fingerprint density at radius 2 is 1.25 bits per heavy atom. The Hall–Kier alpha value is 0.779. The van der Waals surface area contributed by atoms with Gasteiger partial charge >= 0.3 is 15.2 Å². The van der Waals surface area contributed by atoms with Crippen LogP contribution in [0.4, 0.5) is 0 Å². The molecule has 0 heterocycles. The predicted octanol–water partition coefficient (Wildman–Crippen LogP) is -1.34. The van der Waals surface area contributed by atoms with Crippen molar-refractivity contribution in [2.45, 2.75) is 5.40 Å². The second-order valence-corrected chi connectivity index (χ2v) is 5.85. The summed E-state index contributed by atoms with van der Waals surface area (Å²) in [6.45, 7) is -1.24. The number of hydrogen-bond donors (Lipinski definition) is 5. The number of aliphatic hydroxyl groups excluding tert-OH is 1. The summed E-state index contributed by atoms with van der Waals surface area (Å²) in [6, 6.07) is 0. The van der Waals surface area contributed by atoms with Crippen molar-refractivity contribution in [3.63, 3.8) is 0 Å². The van der Waals surface area contributed by atoms with Crippen LogP contribution in [0.25, 0.3) is 0 Å². The molecule has 12 heavy (non-hydrogen) atoms. The van der Waals surface area contributed by atoms with Gasteiger partial charge in [-0.05, 0) is 0 Å². The van der Waals surface area contributed by atoms with Crippen LogP contribution in [0, 0.1) is 0 Å². The van der Waals surface area contributed by atoms with Gasteiger partial charge in [0.1, 0.15) is 0 Å². The van der Waals surface area contributed by atoms with Crippen molar-refractivity contribution in [3.8, 4) is 0 Å². The van der Waals surface area contributed by atoms with E-state index in [0.29, 0.717) is 0 Å². The van der Waals surface area contributed by atoms with Crippen molar-refractivity contribution >= 4 is 15.2 Å². The topological polar surface area (TPSA) is 135 Å². The second-order valence-electron chi connectivity index (χ2n) is 1.84. The van der Waals surface area contributed by atoms with Crippen molar-refractivity contribution in [2.24, 2.45) is 0 Å². The van der Waals surface area contributed by atoms with Gasteiger partial charge in [0.25, 0.3) is 0 Å². The zero-order valence-corrected chi connectivity index (χ0v) is 8.26. The van der Waals surface area contributed by atoms with Gasteiger partial charge in [-0.15, -0.1) is 0 Å². The number of hydrogen-bond acceptors (Lipinski definition) is 3. The maximum absolute atomic E-state index is 10.3. The van der Waals surface area contributed by atoms with Gasteiger partial charge in [-0.3, -0.25) is 9.13 Å². The van der Waals surface area contributed by atoms with Crippen LogP contribution in [0.3, 0.4) is 0 Å². The molecule has 1 radical (unpaired) electrons. The van der Waals surface area contributed by atoms with Crippen molar-refractivity contribution in [2.75, 3.05) is 6.61 Å². The molecular formula is C2H8CuO7P2. The molecule has 0 aliphatic rings. The Morgan fingerprint density at radius 1 is 1.00 bits per heavy atom. The van der Waals surface area contributed by atoms with Crippen LogP contribution in [0.2, 0.25) is 0 Å². The van der Waals surface area contributed by atoms with Gasteiger partial charge in [-0.25, -0.2) is 0 Å². The average Bonchev–Trinajstić information content (AvgIpc) is 1.56. The van der Waals surface area contributed by atoms with Gasteiger partial charge in [0.15, 0.2) is 5.40 Å². The molecule has 10 heteroatoms. The Morgan fingerprint density at radius 3 is 1.25 bits per heavy atom. The summed E-state index contributed by atoms with van der Waals surface area (Å²) in [6.07, 6.45) is 0. The largest absolute Gasteiger partial charge is 0.395 e. The zero-order valence-electron chi connectivity index (χ0n) is 5.53. The van der Waals surface area contributed by atoms with Gasteiger partial charge in [0, 0.05) is 17.1 Å². The molecule has 0 atom stereocenters. The first-order valence-corrected chi connectivity index (χ1v) is 5.77. The molecule has 0 aromatic rings. The second kappa shape index (κ2) is 4.86. The van der Waals surface area contributed by atoms with Crippen molar-refractivity contribution < 1.29 is 50.9 Å². The molecule has 79 valence electrons. The summed E-state index contributed by atoms with van der Waals surface area (Å²) in [4.78, 5) is 33.1. The van der Waals surface area contributed by atoms with Crippen molar-refractivity contribution in [3.05, 3.63) is 0 Å². The number of aliphatic hydroxyl groups is 1. The van der Waals surface area contributed by atoms with Crippen LogP contribution >= 0.6 is 15.2 Å². The Kier molecular flexibility index (Phi) is 6.18. The molecule has 0 unspecified atom stereocenters. The van der Waals surface area contributed by atoms with Gasteiger partial charge in [0.2, 0.25) is 0 Å². The van der Waals surface area contributed by atoms with Crippen LogP contribution in [-0.4, -0.2) is 36.7 Å². The van der Waals surface area contributed by atoms with E-state index in [1.165, 1.54) is 0 Å². The fourth-order valence-electron chi connectivity index (χ4n) is 0.409. The molecule has 0 aliphatic heterocycles. The first-order chi connectivity index (χ1) is 4.69. The first kappa shape index (κ1) is 15.3. The molecule has 7 nitrogen and oxygen atoms in total. The molecule has 0 aromatic heterocycles. The van der Waals surface area contributed by atoms with E-state index in [1.807, 2.05) is 0 Å². The molecule has 0 aromatic carbocycles. The van der Waals surface area contributed by atoms with Crippen LogP contribution in [0.15, 0.2) is 0 Å². The average molecular weight is 270 g/mol. The minimum atomic E-state index is -4.91. The fourth-order valence-corrected chi connectivity index (χ4v) is 2.40. The van der Waals surface area contributed by atoms with E-state index < -0.39 is 27.2 Å². The van der Waals surface area contributed by atoms with E-state index in [9.17, 15) is 9.13 Å². The fraction of sp³-hybridized carbons (Fsp3) is 1.00. The van der Waals surface area contributed by atoms with Crippen molar-refractivity contribution in [1.82, 2.24) is 0 Å². The monoisotopic (exact) mass is 269 g/mol. The summed E-state index contributed by atoms with van der Waals surface area (Å²) in [5.41, 5.74) is 0. The summed E-state index contributed by atoms with van der Waals surface area (Å²) in [5.74, 6) is 0. The summed E-state index contributed by atoms with van der Waals surface area (Å²) in [5, 5.41) is 5.92. The third-order valence-electron chi connectivity index (χ3n) is 0.940. The summed E-state index contributed by atoms with van der Waals surface area (Å²) >= 11 is 0. The van der Waals surface area contributed by atoms with Crippen LogP contribution in [0.1, 0.15) is 0 Å². The van der Waals surface area contributed by atoms with E-state index in [1.54, 1.807) is 0 Å². The summed E-state index contributed by atoms with van der Waals surface area (Å²) < 4.78 is 20.5. The van der Waals surface area contributed by atoms with E-state index in [0.717, 1.165) is 0 Å². The van der Waals surface area contributed by atoms with Crippen molar-refractivity contribution in [1.29, 1.82) is 0 Å². The summed E-state index contributed by atoms with van der Waals surface area (Å²) in [7, 11) is -9.82. The predicted molar refractivity (Wildman–Crippen MR) is 35.0 cm³/mol. The molecule has 0 rings (SSSR count). The van der Waals surface area contributed by atoms with Gasteiger partial charge in [-0.2, -0.15) is 0 Å². The first-order valence-electron chi connectivity index (χ1n) is 2.41. The van der Waals surface area contributed by atoms with Crippen LogP contribution < -0.4 is 0 Å². The van der Waals surface area contributed by atoms with Gasteiger partial charge in [0.05, 0.1) is 6.61 Å². The third-order valence-corrected chi connectivity index (χ3v) is 4.62. The van der Waals surface area contributed by atoms with E-state index in [4.69, 9.17) is 24.7 Å². The van der Waals surface area contributed by atoms with E-state index >= 15 is 0 Å². The Bertz CT molecular complexity index is 193. The molecule has 0 bridgehead atoms. The third kappa shape index (κ3) is 4.72. The Labute approximate surface area is 78.6 Å². The zero-order chi connectivity index (χ0) is 9.28. The molecule has 5 N–H and O–H groups in total. The standard InChI is InChI=1S/C2H8O7P2.Cu/c3-1-2(10(4,5)6)11(7,8)9;/h2-3H,1H2,(H2,4,5,6)(H2,7,8,9);. The molecule has 0 saturated carbocycles. The Balaban J connectivity index is 0. The molecule has 0 aliphatic carbocycles. The molecule has 0 spiro atoms. The SMILES string of the molecule is O=P(O)(O)C(CO)P(=O)(O)O.[Cu]. The minimum absolute atomic E-state index is 0. The minimum Gasteiger partial charge on any atom is -0.395 e. The van der Waals surface area contributed by atoms with Gasteiger partial charge < -0.3 is 24.7 Å². The molecule has 0 fully saturated rings. The molecule has 0 saturated heterocycles. The molecule has 0 amide bonds. The smallest absolute Gasteiger partial charge is 0.343 e. The maximum Gasteiger partial charge on any atom is 0.343 e. The molecular weight excluding hydrogens is 262 g/mol. The van der Waals surface area contributed by atoms with E-state index in [2.05, 4.69) is 0 Å². The van der Waals surface area contributed by atoms with Crippen LogP contribution in [0.5, 0.6) is 0 Å². The normalized spacial score (nSPS) is 12.8. The van der Waals surface area contributed by atoms with Crippen LogP contribution in [-0.2, 0) is 26.2 Å². The quantitative estimate of drug-likeness (QED) is 0.316. The van der Waals surface area contributed by atoms with Gasteiger partial charge in [-0.1, -0.05) is 0 Å². The maximum atomic E-state index is 10.3.